The largest absolute Gasteiger partial charge is 0.207 e. The van der Waals surface area contributed by atoms with Crippen molar-refractivity contribution in [2.75, 3.05) is 0 Å². The van der Waals surface area contributed by atoms with E-state index in [4.69, 9.17) is 0 Å². The van der Waals surface area contributed by atoms with E-state index in [1.54, 1.807) is 0 Å². The summed E-state index contributed by atoms with van der Waals surface area (Å²) >= 11 is 4.31. The Hall–Kier alpha value is -0.500. The highest BCUT2D eigenvalue weighted by atomic mass is 32.1. The van der Waals surface area contributed by atoms with Crippen molar-refractivity contribution in [3.05, 3.63) is 24.6 Å². The highest BCUT2D eigenvalue weighted by Gasteiger charge is 1.75. The Kier molecular flexibility index (Phi) is 3.42. The van der Waals surface area contributed by atoms with Crippen LogP contribution in [-0.2, 0) is 0 Å². The van der Waals surface area contributed by atoms with Crippen LogP contribution in [0.3, 0.4) is 0 Å². The molecule has 0 aromatic heterocycles. The summed E-state index contributed by atoms with van der Waals surface area (Å²) in [6.45, 7) is 3.17. The number of hydrogen-bond donors (Lipinski definition) is 0. The average molecular weight is 116 g/mol. The van der Waals surface area contributed by atoms with E-state index >= 15 is 0 Å². The quantitative estimate of drug-likeness (QED) is 0.302. The van der Waals surface area contributed by atoms with Crippen LogP contribution >= 0.6 is 12.2 Å². The third-order valence-corrected chi connectivity index (χ3v) is 0.558. The van der Waals surface area contributed by atoms with Gasteiger partial charge in [0.15, 0.2) is 0 Å². The van der Waals surface area contributed by atoms with Crippen LogP contribution in [0.1, 0.15) is 0 Å². The molecule has 0 unspecified atom stereocenters. The van der Waals surface area contributed by atoms with Gasteiger partial charge >= 0.3 is 0 Å². The molecule has 0 saturated heterocycles. The lowest BCUT2D eigenvalue weighted by Gasteiger charge is -1.73. The van der Waals surface area contributed by atoms with Crippen LogP contribution < -0.4 is 0 Å². The van der Waals surface area contributed by atoms with Gasteiger partial charge in [-0.2, -0.15) is 0 Å². The Morgan fingerprint density at radius 3 is 2.43 bits per heavy atom. The molecule has 0 saturated carbocycles. The Morgan fingerprint density at radius 1 is 1.71 bits per heavy atom. The number of rotatable bonds is 2. The van der Waals surface area contributed by atoms with Gasteiger partial charge in [-0.1, -0.05) is 18.8 Å². The first kappa shape index (κ1) is 6.50. The topological polar surface area (TPSA) is 0 Å². The monoisotopic (exact) mass is 116 g/mol. The average Bonchev–Trinajstić information content (AvgIpc) is 1.68. The van der Waals surface area contributed by atoms with Crippen LogP contribution in [0.2, 0.25) is 0 Å². The van der Waals surface area contributed by atoms with Crippen molar-refractivity contribution in [2.45, 2.75) is 0 Å². The summed E-state index contributed by atoms with van der Waals surface area (Å²) in [4.78, 5) is 0. The molecule has 7 heavy (non-hydrogen) atoms. The lowest BCUT2D eigenvalue weighted by atomic mass is 10.5. The van der Waals surface area contributed by atoms with E-state index in [0.717, 1.165) is 6.08 Å². The van der Waals surface area contributed by atoms with Gasteiger partial charge in [-0.25, -0.2) is 4.39 Å². The Labute approximate surface area is 47.3 Å². The maximum atomic E-state index is 11.8. The molecular weight excluding hydrogens is 111 g/mol. The fourth-order valence-electron chi connectivity index (χ4n) is 0.133. The van der Waals surface area contributed by atoms with Crippen LogP contribution in [-0.4, -0.2) is 5.37 Å². The second kappa shape index (κ2) is 3.68. The zero-order valence-corrected chi connectivity index (χ0v) is 4.54. The van der Waals surface area contributed by atoms with Crippen molar-refractivity contribution in [3.63, 3.8) is 0 Å². The third kappa shape index (κ3) is 3.33. The molecule has 0 heterocycles. The second-order valence-electron chi connectivity index (χ2n) is 0.892. The number of hydrogen-bond acceptors (Lipinski definition) is 1. The van der Waals surface area contributed by atoms with Gasteiger partial charge in [-0.15, -0.1) is 0 Å². The van der Waals surface area contributed by atoms with E-state index in [9.17, 15) is 4.39 Å². The smallest absolute Gasteiger partial charge is 0.123 e. The molecule has 0 aliphatic carbocycles. The molecule has 0 atom stereocenters. The number of thiocarbonyl (C=S) groups is 1. The lowest BCUT2D eigenvalue weighted by molar-refractivity contribution is 0.669. The molecule has 0 aliphatic heterocycles. The predicted octanol–water partition coefficient (Wildman–Crippen LogP) is 2.03. The Bertz CT molecular complexity index is 105. The molecule has 0 nitrogen and oxygen atoms in total. The summed E-state index contributed by atoms with van der Waals surface area (Å²) in [6, 6.07) is 0. The van der Waals surface area contributed by atoms with E-state index in [2.05, 4.69) is 18.8 Å². The molecular formula is C5H5FS. The molecule has 0 bridgehead atoms. The summed E-state index contributed by atoms with van der Waals surface area (Å²) in [7, 11) is 0. The molecule has 0 aromatic carbocycles. The van der Waals surface area contributed by atoms with Crippen molar-refractivity contribution >= 4 is 17.6 Å². The summed E-state index contributed by atoms with van der Waals surface area (Å²) in [5, 5.41) is 1.21. The van der Waals surface area contributed by atoms with Gasteiger partial charge in [0.05, 0.1) is 0 Å². The first-order valence-electron chi connectivity index (χ1n) is 1.74. The predicted molar refractivity (Wildman–Crippen MR) is 33.0 cm³/mol. The van der Waals surface area contributed by atoms with Crippen molar-refractivity contribution < 1.29 is 4.39 Å². The van der Waals surface area contributed by atoms with Crippen molar-refractivity contribution in [3.8, 4) is 0 Å². The highest BCUT2D eigenvalue weighted by Crippen LogP contribution is 1.92. The molecule has 0 amide bonds. The van der Waals surface area contributed by atoms with Gasteiger partial charge in [0.2, 0.25) is 0 Å². The van der Waals surface area contributed by atoms with Crippen molar-refractivity contribution in [2.24, 2.45) is 0 Å². The van der Waals surface area contributed by atoms with Crippen LogP contribution in [0.5, 0.6) is 0 Å². The van der Waals surface area contributed by atoms with E-state index in [1.807, 2.05) is 0 Å². The van der Waals surface area contributed by atoms with E-state index in [1.165, 1.54) is 11.4 Å². The molecule has 0 aromatic rings. The number of halogens is 1. The first-order chi connectivity index (χ1) is 3.31. The van der Waals surface area contributed by atoms with Gasteiger partial charge in [0.25, 0.3) is 0 Å². The minimum atomic E-state index is -0.394. The van der Waals surface area contributed by atoms with Crippen molar-refractivity contribution in [1.82, 2.24) is 0 Å². The van der Waals surface area contributed by atoms with Crippen LogP contribution in [0.4, 0.5) is 4.39 Å². The SMILES string of the molecule is C=C/C(F)=C\C=S. The van der Waals surface area contributed by atoms with Crippen molar-refractivity contribution in [1.29, 1.82) is 0 Å². The number of allylic oxidation sites excluding steroid dienone is 3. The van der Waals surface area contributed by atoms with Gasteiger partial charge in [0.1, 0.15) is 5.83 Å². The standard InChI is InChI=1S/C5H5FS/c1-2-5(6)3-4-7/h2-4H,1H2/b5-3+. The third-order valence-electron chi connectivity index (χ3n) is 0.422. The van der Waals surface area contributed by atoms with Gasteiger partial charge < -0.3 is 0 Å². The molecule has 0 spiro atoms. The Balaban J connectivity index is 3.72. The Morgan fingerprint density at radius 2 is 2.29 bits per heavy atom. The summed E-state index contributed by atoms with van der Waals surface area (Å²) in [5.74, 6) is -0.394. The molecule has 38 valence electrons. The van der Waals surface area contributed by atoms with Crippen LogP contribution in [0.25, 0.3) is 0 Å². The second-order valence-corrected chi connectivity index (χ2v) is 1.16. The molecule has 2 heteroatoms. The van der Waals surface area contributed by atoms with Gasteiger partial charge in [-0.05, 0) is 12.2 Å². The molecule has 0 rings (SSSR count). The zero-order chi connectivity index (χ0) is 5.70. The van der Waals surface area contributed by atoms with Crippen LogP contribution in [0, 0.1) is 0 Å². The van der Waals surface area contributed by atoms with E-state index in [0.29, 0.717) is 0 Å². The minimum Gasteiger partial charge on any atom is -0.207 e. The normalized spacial score (nSPS) is 10.7. The van der Waals surface area contributed by atoms with E-state index < -0.39 is 5.83 Å². The molecule has 0 aliphatic rings. The maximum absolute atomic E-state index is 11.8. The fraction of sp³-hybridized carbons (Fsp3) is 0. The fourth-order valence-corrected chi connectivity index (χ4v) is 0.263. The highest BCUT2D eigenvalue weighted by molar-refractivity contribution is 7.79. The molecule has 0 fully saturated rings. The van der Waals surface area contributed by atoms with E-state index in [-0.39, 0.29) is 0 Å². The minimum absolute atomic E-state index is 0.394. The molecule has 0 N–H and O–H groups in total. The lowest BCUT2D eigenvalue weighted by Crippen LogP contribution is -1.60. The maximum Gasteiger partial charge on any atom is 0.123 e. The first-order valence-corrected chi connectivity index (χ1v) is 2.22. The van der Waals surface area contributed by atoms with Gasteiger partial charge in [-0.3, -0.25) is 0 Å². The zero-order valence-electron chi connectivity index (χ0n) is 3.73. The van der Waals surface area contributed by atoms with Crippen LogP contribution in [0.15, 0.2) is 24.6 Å². The summed E-state index contributed by atoms with van der Waals surface area (Å²) in [5.41, 5.74) is 0. The van der Waals surface area contributed by atoms with Gasteiger partial charge in [0, 0.05) is 5.37 Å². The summed E-state index contributed by atoms with van der Waals surface area (Å²) in [6.07, 6.45) is 2.27. The molecule has 0 radical (unpaired) electrons. The summed E-state index contributed by atoms with van der Waals surface area (Å²) < 4.78 is 11.8.